The Morgan fingerprint density at radius 1 is 1.19 bits per heavy atom. The van der Waals surface area contributed by atoms with Crippen LogP contribution in [0.5, 0.6) is 0 Å². The summed E-state index contributed by atoms with van der Waals surface area (Å²) in [6.45, 7) is 4.28. The molecule has 1 aromatic rings. The van der Waals surface area contributed by atoms with E-state index >= 15 is 0 Å². The molecule has 0 saturated carbocycles. The van der Waals surface area contributed by atoms with Crippen molar-refractivity contribution >= 4 is 34.5 Å². The van der Waals surface area contributed by atoms with Gasteiger partial charge in [0, 0.05) is 18.8 Å². The molecule has 0 aliphatic rings. The lowest BCUT2D eigenvalue weighted by atomic mass is 10.3. The summed E-state index contributed by atoms with van der Waals surface area (Å²) in [5.41, 5.74) is 1.28. The first-order chi connectivity index (χ1) is 7.53. The second-order valence-electron chi connectivity index (χ2n) is 4.09. The molecule has 0 heterocycles. The van der Waals surface area contributed by atoms with Crippen molar-refractivity contribution in [1.29, 1.82) is 0 Å². The molecule has 1 aromatic carbocycles. The molecule has 0 aromatic heterocycles. The molecule has 0 radical (unpaired) electrons. The minimum atomic E-state index is -1.92. The van der Waals surface area contributed by atoms with Crippen LogP contribution in [0.1, 0.15) is 13.3 Å². The molecule has 0 amide bonds. The van der Waals surface area contributed by atoms with E-state index in [2.05, 4.69) is 36.1 Å². The number of nitrogens with zero attached hydrogens (tertiary/aromatic N) is 1. The van der Waals surface area contributed by atoms with Gasteiger partial charge < -0.3 is 4.90 Å². The molecule has 1 rings (SSSR count). The minimum absolute atomic E-state index is 0.958. The summed E-state index contributed by atoms with van der Waals surface area (Å²) in [5.74, 6) is 0. The van der Waals surface area contributed by atoms with Gasteiger partial charge in [0.05, 0.1) is 0 Å². The number of hydrogen-bond acceptors (Lipinski definition) is 1. The highest BCUT2D eigenvalue weighted by molar-refractivity contribution is 7.44. The first-order valence-corrected chi connectivity index (χ1v) is 10.4. The maximum absolute atomic E-state index is 6.09. The monoisotopic (exact) mass is 275 g/mol. The number of rotatable bonds is 6. The van der Waals surface area contributed by atoms with Gasteiger partial charge in [0.25, 0.3) is 0 Å². The molecule has 0 fully saturated rings. The third kappa shape index (κ3) is 5.24. The molecule has 90 valence electrons. The fraction of sp³-hybridized carbons (Fsp3) is 0.500. The zero-order chi connectivity index (χ0) is 12.0. The van der Waals surface area contributed by atoms with E-state index in [0.717, 1.165) is 25.6 Å². The highest BCUT2D eigenvalue weighted by Crippen LogP contribution is 2.22. The van der Waals surface area contributed by atoms with Gasteiger partial charge in [0.15, 0.2) is 0 Å². The third-order valence-electron chi connectivity index (χ3n) is 2.55. The number of benzene rings is 1. The van der Waals surface area contributed by atoms with E-state index in [4.69, 9.17) is 22.2 Å². The summed E-state index contributed by atoms with van der Waals surface area (Å²) < 4.78 is 0. The SMILES string of the molecule is CCN(CCC[Si](C)(Cl)Cl)c1ccccc1. The van der Waals surface area contributed by atoms with E-state index in [0.29, 0.717) is 0 Å². The Labute approximate surface area is 109 Å². The second kappa shape index (κ2) is 6.53. The molecule has 0 aliphatic heterocycles. The molecule has 0 unspecified atom stereocenters. The largest absolute Gasteiger partial charge is 0.372 e. The van der Waals surface area contributed by atoms with Crippen LogP contribution in [0.2, 0.25) is 12.6 Å². The van der Waals surface area contributed by atoms with Crippen LogP contribution in [0.15, 0.2) is 30.3 Å². The summed E-state index contributed by atoms with van der Waals surface area (Å²) in [6.07, 6.45) is 1.07. The predicted octanol–water partition coefficient (Wildman–Crippen LogP) is 4.45. The van der Waals surface area contributed by atoms with Gasteiger partial charge in [-0.05, 0) is 38.1 Å². The first-order valence-electron chi connectivity index (χ1n) is 5.71. The highest BCUT2D eigenvalue weighted by atomic mass is 35.7. The van der Waals surface area contributed by atoms with Crippen LogP contribution in [0.3, 0.4) is 0 Å². The molecule has 0 saturated heterocycles. The minimum Gasteiger partial charge on any atom is -0.372 e. The van der Waals surface area contributed by atoms with E-state index in [1.54, 1.807) is 0 Å². The highest BCUT2D eigenvalue weighted by Gasteiger charge is 2.20. The van der Waals surface area contributed by atoms with Crippen molar-refractivity contribution in [2.75, 3.05) is 18.0 Å². The fourth-order valence-corrected chi connectivity index (χ4v) is 3.27. The van der Waals surface area contributed by atoms with Crippen molar-refractivity contribution in [3.05, 3.63) is 30.3 Å². The Balaban J connectivity index is 2.45. The van der Waals surface area contributed by atoms with Crippen molar-refractivity contribution in [2.45, 2.75) is 25.9 Å². The summed E-state index contributed by atoms with van der Waals surface area (Å²) in [6, 6.07) is 11.4. The molecule has 0 aliphatic carbocycles. The van der Waals surface area contributed by atoms with Crippen molar-refractivity contribution in [3.8, 4) is 0 Å². The summed E-state index contributed by atoms with van der Waals surface area (Å²) >= 11 is 12.2. The molecular formula is C12H19Cl2NSi. The Kier molecular flexibility index (Phi) is 5.66. The quantitative estimate of drug-likeness (QED) is 0.548. The van der Waals surface area contributed by atoms with Crippen molar-refractivity contribution < 1.29 is 0 Å². The topological polar surface area (TPSA) is 3.24 Å². The lowest BCUT2D eigenvalue weighted by Crippen LogP contribution is -2.25. The molecular weight excluding hydrogens is 257 g/mol. The van der Waals surface area contributed by atoms with Crippen LogP contribution in [0.25, 0.3) is 0 Å². The lowest BCUT2D eigenvalue weighted by molar-refractivity contribution is 0.788. The van der Waals surface area contributed by atoms with Gasteiger partial charge in [-0.2, -0.15) is 0 Å². The summed E-state index contributed by atoms with van der Waals surface area (Å²) in [7, 11) is 0. The Bertz CT molecular complexity index is 298. The van der Waals surface area contributed by atoms with Gasteiger partial charge in [-0.15, -0.1) is 22.2 Å². The lowest BCUT2D eigenvalue weighted by Gasteiger charge is -2.23. The van der Waals surface area contributed by atoms with Gasteiger partial charge in [0.1, 0.15) is 0 Å². The predicted molar refractivity (Wildman–Crippen MR) is 77.1 cm³/mol. The average molecular weight is 276 g/mol. The zero-order valence-corrected chi connectivity index (χ0v) is 12.4. The van der Waals surface area contributed by atoms with E-state index in [1.165, 1.54) is 5.69 Å². The average Bonchev–Trinajstić information content (AvgIpc) is 2.24. The zero-order valence-electron chi connectivity index (χ0n) is 9.92. The summed E-state index contributed by atoms with van der Waals surface area (Å²) in [4.78, 5) is 2.36. The van der Waals surface area contributed by atoms with Crippen LogP contribution in [0.4, 0.5) is 5.69 Å². The van der Waals surface area contributed by atoms with Crippen molar-refractivity contribution in [1.82, 2.24) is 0 Å². The molecule has 1 nitrogen and oxygen atoms in total. The normalized spacial score (nSPS) is 11.5. The van der Waals surface area contributed by atoms with Gasteiger partial charge in [-0.1, -0.05) is 18.2 Å². The molecule has 0 bridgehead atoms. The van der Waals surface area contributed by atoms with Gasteiger partial charge in [-0.3, -0.25) is 0 Å². The number of halogens is 2. The maximum Gasteiger partial charge on any atom is 0.248 e. The smallest absolute Gasteiger partial charge is 0.248 e. The Morgan fingerprint density at radius 2 is 1.81 bits per heavy atom. The molecule has 4 heteroatoms. The van der Waals surface area contributed by atoms with Crippen LogP contribution in [-0.2, 0) is 0 Å². The van der Waals surface area contributed by atoms with Gasteiger partial charge in [0.2, 0.25) is 6.69 Å². The molecule has 16 heavy (non-hydrogen) atoms. The number of anilines is 1. The standard InChI is InChI=1S/C12H19Cl2NSi/c1-3-15(10-7-11-16(2,13)14)12-8-5-4-6-9-12/h4-6,8-9H,3,7,10-11H2,1-2H3. The molecule has 0 spiro atoms. The van der Waals surface area contributed by atoms with Gasteiger partial charge >= 0.3 is 0 Å². The second-order valence-corrected chi connectivity index (χ2v) is 12.3. The molecule has 0 atom stereocenters. The van der Waals surface area contributed by atoms with Crippen LogP contribution >= 0.6 is 22.2 Å². The van der Waals surface area contributed by atoms with Crippen molar-refractivity contribution in [3.63, 3.8) is 0 Å². The number of para-hydroxylation sites is 1. The summed E-state index contributed by atoms with van der Waals surface area (Å²) in [5, 5.41) is 0. The van der Waals surface area contributed by atoms with Crippen LogP contribution in [0, 0.1) is 0 Å². The van der Waals surface area contributed by atoms with E-state index in [9.17, 15) is 0 Å². The third-order valence-corrected chi connectivity index (χ3v) is 4.91. The fourth-order valence-electron chi connectivity index (χ4n) is 1.69. The van der Waals surface area contributed by atoms with Crippen LogP contribution in [-0.4, -0.2) is 19.8 Å². The van der Waals surface area contributed by atoms with E-state index < -0.39 is 6.69 Å². The Morgan fingerprint density at radius 3 is 2.31 bits per heavy atom. The number of hydrogen-bond donors (Lipinski definition) is 0. The Hall–Kier alpha value is -0.183. The van der Waals surface area contributed by atoms with Crippen LogP contribution < -0.4 is 4.90 Å². The van der Waals surface area contributed by atoms with Gasteiger partial charge in [-0.25, -0.2) is 0 Å². The van der Waals surface area contributed by atoms with E-state index in [-0.39, 0.29) is 0 Å². The molecule has 0 N–H and O–H groups in total. The van der Waals surface area contributed by atoms with Crippen molar-refractivity contribution in [2.24, 2.45) is 0 Å². The maximum atomic E-state index is 6.09. The first kappa shape index (κ1) is 13.9. The van der Waals surface area contributed by atoms with E-state index in [1.807, 2.05) is 12.6 Å².